The second-order valence-corrected chi connectivity index (χ2v) is 4.12. The quantitative estimate of drug-likeness (QED) is 0.582. The molecule has 98 valence electrons. The molecule has 0 heterocycles. The number of nitrogens with two attached hydrogens (primary N) is 1. The van der Waals surface area contributed by atoms with Crippen LogP contribution in [0.25, 0.3) is 0 Å². The molecule has 2 atom stereocenters. The van der Waals surface area contributed by atoms with Gasteiger partial charge in [0.1, 0.15) is 6.61 Å². The molecule has 0 radical (unpaired) electrons. The van der Waals surface area contributed by atoms with E-state index in [4.69, 9.17) is 15.6 Å². The normalized spacial score (nSPS) is 13.7. The first kappa shape index (κ1) is 14.2. The van der Waals surface area contributed by atoms with Gasteiger partial charge >= 0.3 is 11.9 Å². The topological polar surface area (TPSA) is 89.6 Å². The molecule has 0 aliphatic heterocycles. The van der Waals surface area contributed by atoms with Gasteiger partial charge in [-0.3, -0.25) is 9.59 Å². The summed E-state index contributed by atoms with van der Waals surface area (Å²) < 4.78 is 5.00. The minimum Gasteiger partial charge on any atom is -0.481 e. The van der Waals surface area contributed by atoms with Gasteiger partial charge in [0.05, 0.1) is 0 Å². The molecule has 0 bridgehead atoms. The number of carboxylic acid groups (broad SMARTS) is 1. The molecule has 18 heavy (non-hydrogen) atoms. The molecule has 0 fully saturated rings. The Morgan fingerprint density at radius 1 is 1.33 bits per heavy atom. The lowest BCUT2D eigenvalue weighted by Gasteiger charge is -2.17. The van der Waals surface area contributed by atoms with Crippen molar-refractivity contribution in [2.24, 2.45) is 17.6 Å². The number of aliphatic carboxylic acids is 1. The Kier molecular flexibility index (Phi) is 5.32. The molecule has 0 saturated heterocycles. The minimum atomic E-state index is -1.21. The van der Waals surface area contributed by atoms with Gasteiger partial charge in [0.25, 0.3) is 0 Å². The fourth-order valence-corrected chi connectivity index (χ4v) is 1.53. The van der Waals surface area contributed by atoms with Crippen molar-refractivity contribution in [3.63, 3.8) is 0 Å². The highest BCUT2D eigenvalue weighted by Gasteiger charge is 2.32. The zero-order valence-electron chi connectivity index (χ0n) is 10.2. The number of benzene rings is 1. The van der Waals surface area contributed by atoms with Crippen LogP contribution in [0, 0.1) is 11.8 Å². The van der Waals surface area contributed by atoms with Gasteiger partial charge < -0.3 is 15.6 Å². The maximum absolute atomic E-state index is 11.7. The van der Waals surface area contributed by atoms with E-state index in [1.165, 1.54) is 0 Å². The summed E-state index contributed by atoms with van der Waals surface area (Å²) in [6.45, 7) is 1.81. The summed E-state index contributed by atoms with van der Waals surface area (Å²) in [5.74, 6) is -3.61. The summed E-state index contributed by atoms with van der Waals surface area (Å²) >= 11 is 0. The van der Waals surface area contributed by atoms with Crippen LogP contribution in [0.3, 0.4) is 0 Å². The van der Waals surface area contributed by atoms with Crippen LogP contribution in [0.5, 0.6) is 0 Å². The molecular weight excluding hydrogens is 234 g/mol. The van der Waals surface area contributed by atoms with E-state index in [2.05, 4.69) is 0 Å². The Morgan fingerprint density at radius 2 is 1.94 bits per heavy atom. The standard InChI is InChI=1S/C13H17NO4/c1-9(7-14)11(12(15)16)13(17)18-8-10-5-3-2-4-6-10/h2-6,9,11H,7-8,14H2,1H3,(H,15,16)/t9?,11-/m0/s1. The molecule has 5 heteroatoms. The van der Waals surface area contributed by atoms with Crippen LogP contribution in [0.15, 0.2) is 30.3 Å². The molecule has 1 rings (SSSR count). The van der Waals surface area contributed by atoms with Gasteiger partial charge in [0.2, 0.25) is 0 Å². The van der Waals surface area contributed by atoms with Gasteiger partial charge in [-0.05, 0) is 18.0 Å². The Balaban J connectivity index is 2.60. The average Bonchev–Trinajstić information content (AvgIpc) is 2.37. The predicted molar refractivity (Wildman–Crippen MR) is 65.6 cm³/mol. The van der Waals surface area contributed by atoms with E-state index in [9.17, 15) is 9.59 Å². The van der Waals surface area contributed by atoms with Crippen LogP contribution in [0.2, 0.25) is 0 Å². The Bertz CT molecular complexity index is 405. The Morgan fingerprint density at radius 3 is 2.44 bits per heavy atom. The largest absolute Gasteiger partial charge is 0.481 e. The first-order valence-corrected chi connectivity index (χ1v) is 5.69. The molecule has 0 aliphatic carbocycles. The smallest absolute Gasteiger partial charge is 0.320 e. The molecule has 3 N–H and O–H groups in total. The third-order valence-electron chi connectivity index (χ3n) is 2.68. The van der Waals surface area contributed by atoms with Crippen molar-refractivity contribution in [1.82, 2.24) is 0 Å². The van der Waals surface area contributed by atoms with E-state index in [1.54, 1.807) is 19.1 Å². The number of carbonyl (C=O) groups is 2. The summed E-state index contributed by atoms with van der Waals surface area (Å²) in [5, 5.41) is 8.99. The van der Waals surface area contributed by atoms with Gasteiger partial charge in [-0.25, -0.2) is 0 Å². The van der Waals surface area contributed by atoms with Gasteiger partial charge in [0.15, 0.2) is 5.92 Å². The molecular formula is C13H17NO4. The monoisotopic (exact) mass is 251 g/mol. The van der Waals surface area contributed by atoms with Gasteiger partial charge in [-0.15, -0.1) is 0 Å². The number of ether oxygens (including phenoxy) is 1. The van der Waals surface area contributed by atoms with Gasteiger partial charge in [-0.1, -0.05) is 37.3 Å². The van der Waals surface area contributed by atoms with Crippen molar-refractivity contribution in [3.05, 3.63) is 35.9 Å². The highest BCUT2D eigenvalue weighted by Crippen LogP contribution is 2.14. The van der Waals surface area contributed by atoms with Crippen LogP contribution >= 0.6 is 0 Å². The molecule has 1 unspecified atom stereocenters. The van der Waals surface area contributed by atoms with Crippen LogP contribution in [-0.2, 0) is 20.9 Å². The number of rotatable bonds is 6. The lowest BCUT2D eigenvalue weighted by atomic mass is 9.94. The number of carboxylic acids is 1. The molecule has 0 amide bonds. The van der Waals surface area contributed by atoms with Gasteiger partial charge in [-0.2, -0.15) is 0 Å². The predicted octanol–water partition coefficient (Wildman–Crippen LogP) is 1.03. The summed E-state index contributed by atoms with van der Waals surface area (Å²) in [5.41, 5.74) is 6.20. The zero-order chi connectivity index (χ0) is 13.5. The Hall–Kier alpha value is -1.88. The fourth-order valence-electron chi connectivity index (χ4n) is 1.53. The van der Waals surface area contributed by atoms with Crippen molar-refractivity contribution in [2.45, 2.75) is 13.5 Å². The number of esters is 1. The minimum absolute atomic E-state index is 0.0702. The second kappa shape index (κ2) is 6.76. The van der Waals surface area contributed by atoms with E-state index in [0.717, 1.165) is 5.56 Å². The fraction of sp³-hybridized carbons (Fsp3) is 0.385. The van der Waals surface area contributed by atoms with Crippen LogP contribution in [0.1, 0.15) is 12.5 Å². The summed E-state index contributed by atoms with van der Waals surface area (Å²) in [7, 11) is 0. The van der Waals surface area contributed by atoms with E-state index in [-0.39, 0.29) is 13.2 Å². The number of hydrogen-bond acceptors (Lipinski definition) is 4. The van der Waals surface area contributed by atoms with Crippen molar-refractivity contribution in [1.29, 1.82) is 0 Å². The number of hydrogen-bond donors (Lipinski definition) is 2. The lowest BCUT2D eigenvalue weighted by Crippen LogP contribution is -2.35. The molecule has 0 aromatic heterocycles. The van der Waals surface area contributed by atoms with Crippen LogP contribution in [0.4, 0.5) is 0 Å². The summed E-state index contributed by atoms with van der Waals surface area (Å²) in [6, 6.07) is 9.09. The Labute approximate surface area is 106 Å². The highest BCUT2D eigenvalue weighted by atomic mass is 16.5. The van der Waals surface area contributed by atoms with Crippen LogP contribution in [-0.4, -0.2) is 23.6 Å². The molecule has 0 aliphatic rings. The molecule has 0 spiro atoms. The molecule has 5 nitrogen and oxygen atoms in total. The first-order valence-electron chi connectivity index (χ1n) is 5.69. The summed E-state index contributed by atoms with van der Waals surface area (Å²) in [6.07, 6.45) is 0. The second-order valence-electron chi connectivity index (χ2n) is 4.12. The van der Waals surface area contributed by atoms with E-state index in [0.29, 0.717) is 0 Å². The SMILES string of the molecule is CC(CN)[C@@H](C(=O)O)C(=O)OCc1ccccc1. The van der Waals surface area contributed by atoms with Crippen molar-refractivity contribution >= 4 is 11.9 Å². The molecule has 1 aromatic carbocycles. The third kappa shape index (κ3) is 3.85. The molecule has 0 saturated carbocycles. The van der Waals surface area contributed by atoms with Gasteiger partial charge in [0, 0.05) is 0 Å². The van der Waals surface area contributed by atoms with Crippen molar-refractivity contribution in [2.75, 3.05) is 6.54 Å². The molecule has 1 aromatic rings. The maximum Gasteiger partial charge on any atom is 0.320 e. The van der Waals surface area contributed by atoms with Crippen LogP contribution < -0.4 is 5.73 Å². The zero-order valence-corrected chi connectivity index (χ0v) is 10.2. The van der Waals surface area contributed by atoms with Crippen molar-refractivity contribution in [3.8, 4) is 0 Å². The van der Waals surface area contributed by atoms with E-state index >= 15 is 0 Å². The third-order valence-corrected chi connectivity index (χ3v) is 2.68. The van der Waals surface area contributed by atoms with E-state index < -0.39 is 23.8 Å². The first-order chi connectivity index (χ1) is 8.56. The maximum atomic E-state index is 11.7. The van der Waals surface area contributed by atoms with E-state index in [1.807, 2.05) is 18.2 Å². The average molecular weight is 251 g/mol. The summed E-state index contributed by atoms with van der Waals surface area (Å²) in [4.78, 5) is 22.7. The highest BCUT2D eigenvalue weighted by molar-refractivity contribution is 5.94. The van der Waals surface area contributed by atoms with Crippen molar-refractivity contribution < 1.29 is 19.4 Å². The number of carbonyl (C=O) groups excluding carboxylic acids is 1. The lowest BCUT2D eigenvalue weighted by molar-refractivity contribution is -0.161.